The minimum atomic E-state index is -0.730. The molecule has 2 aromatic rings. The summed E-state index contributed by atoms with van der Waals surface area (Å²) in [5, 5.41) is 24.8. The first-order chi connectivity index (χ1) is 14.3. The van der Waals surface area contributed by atoms with Crippen LogP contribution in [0.2, 0.25) is 0 Å². The number of ether oxygens (including phenoxy) is 1. The summed E-state index contributed by atoms with van der Waals surface area (Å²) in [6.45, 7) is 1.52. The summed E-state index contributed by atoms with van der Waals surface area (Å²) < 4.78 is 5.02. The number of amides is 1. The van der Waals surface area contributed by atoms with Gasteiger partial charge in [0.05, 0.1) is 34.3 Å². The average molecular weight is 412 g/mol. The number of rotatable bonds is 7. The number of benzene rings is 2. The van der Waals surface area contributed by atoms with Crippen molar-refractivity contribution in [3.63, 3.8) is 0 Å². The Bertz CT molecular complexity index is 1080. The van der Waals surface area contributed by atoms with E-state index in [0.717, 1.165) is 0 Å². The Morgan fingerprint density at radius 3 is 2.37 bits per heavy atom. The monoisotopic (exact) mass is 412 g/mol. The van der Waals surface area contributed by atoms with Gasteiger partial charge < -0.3 is 15.0 Å². The number of non-ortho nitro benzene ring substituents is 2. The summed E-state index contributed by atoms with van der Waals surface area (Å²) in [6.07, 6.45) is 0. The number of carbonyl (C=O) groups excluding carboxylic acids is 2. The lowest BCUT2D eigenvalue weighted by Crippen LogP contribution is -2.28. The van der Waals surface area contributed by atoms with Crippen molar-refractivity contribution < 1.29 is 24.2 Å². The molecule has 30 heavy (non-hydrogen) atoms. The van der Waals surface area contributed by atoms with Crippen molar-refractivity contribution in [3.05, 3.63) is 80.0 Å². The third-order valence-electron chi connectivity index (χ3n) is 4.28. The van der Waals surface area contributed by atoms with Gasteiger partial charge in [-0.1, -0.05) is 12.1 Å². The Balaban J connectivity index is 1.98. The number of nitrogens with one attached hydrogen (secondary N) is 1. The standard InChI is InChI=1S/C19H16N4O7/c1-2-30-19(25)16-11-21(13-6-4-8-15(10-13)23(28)29)18(24)17(16)20-12-5-3-7-14(9-12)22(26)27/h3-10,20H,2,11H2,1H3. The van der Waals surface area contributed by atoms with Gasteiger partial charge in [-0.3, -0.25) is 25.0 Å². The van der Waals surface area contributed by atoms with E-state index in [2.05, 4.69) is 5.32 Å². The van der Waals surface area contributed by atoms with Crippen LogP contribution >= 0.6 is 0 Å². The summed E-state index contributed by atoms with van der Waals surface area (Å²) >= 11 is 0. The molecule has 0 atom stereocenters. The molecule has 1 N–H and O–H groups in total. The highest BCUT2D eigenvalue weighted by Gasteiger charge is 2.36. The van der Waals surface area contributed by atoms with E-state index in [0.29, 0.717) is 0 Å². The number of nitrogens with zero attached hydrogens (tertiary/aromatic N) is 3. The van der Waals surface area contributed by atoms with Crippen molar-refractivity contribution in [1.82, 2.24) is 0 Å². The molecule has 11 heteroatoms. The van der Waals surface area contributed by atoms with Crippen molar-refractivity contribution >= 4 is 34.6 Å². The zero-order valence-corrected chi connectivity index (χ0v) is 15.7. The molecule has 1 aliphatic heterocycles. The van der Waals surface area contributed by atoms with Gasteiger partial charge in [0, 0.05) is 30.0 Å². The van der Waals surface area contributed by atoms with Crippen LogP contribution in [0.1, 0.15) is 6.92 Å². The van der Waals surface area contributed by atoms with E-state index in [-0.39, 0.29) is 47.2 Å². The number of nitro benzene ring substituents is 2. The van der Waals surface area contributed by atoms with E-state index in [1.54, 1.807) is 6.92 Å². The minimum Gasteiger partial charge on any atom is -0.463 e. The number of anilines is 2. The lowest BCUT2D eigenvalue weighted by atomic mass is 10.2. The molecular formula is C19H16N4O7. The van der Waals surface area contributed by atoms with E-state index in [9.17, 15) is 29.8 Å². The molecular weight excluding hydrogens is 396 g/mol. The Labute approximate surface area is 169 Å². The topological polar surface area (TPSA) is 145 Å². The average Bonchev–Trinajstić information content (AvgIpc) is 3.05. The van der Waals surface area contributed by atoms with Crippen molar-refractivity contribution in [3.8, 4) is 0 Å². The number of carbonyl (C=O) groups is 2. The van der Waals surface area contributed by atoms with Crippen LogP contribution in [-0.4, -0.2) is 34.9 Å². The fourth-order valence-electron chi connectivity index (χ4n) is 2.91. The van der Waals surface area contributed by atoms with E-state index in [1.165, 1.54) is 53.4 Å². The molecule has 2 aromatic carbocycles. The van der Waals surface area contributed by atoms with E-state index in [4.69, 9.17) is 4.74 Å². The van der Waals surface area contributed by atoms with Crippen LogP contribution in [-0.2, 0) is 14.3 Å². The Morgan fingerprint density at radius 1 is 1.10 bits per heavy atom. The number of hydrogen-bond donors (Lipinski definition) is 1. The van der Waals surface area contributed by atoms with Gasteiger partial charge in [-0.15, -0.1) is 0 Å². The molecule has 0 aliphatic carbocycles. The second-order valence-corrected chi connectivity index (χ2v) is 6.17. The van der Waals surface area contributed by atoms with E-state index < -0.39 is 21.7 Å². The molecule has 0 bridgehead atoms. The SMILES string of the molecule is CCOC(=O)C1=C(Nc2cccc([N+](=O)[O-])c2)C(=O)N(c2cccc([N+](=O)[O-])c2)C1. The molecule has 0 spiro atoms. The van der Waals surface area contributed by atoms with E-state index >= 15 is 0 Å². The molecule has 0 radical (unpaired) electrons. The van der Waals surface area contributed by atoms with Gasteiger partial charge in [0.15, 0.2) is 0 Å². The third-order valence-corrected chi connectivity index (χ3v) is 4.28. The molecule has 3 rings (SSSR count). The number of esters is 1. The van der Waals surface area contributed by atoms with Gasteiger partial charge in [-0.2, -0.15) is 0 Å². The summed E-state index contributed by atoms with van der Waals surface area (Å²) in [7, 11) is 0. The zero-order valence-electron chi connectivity index (χ0n) is 15.7. The van der Waals surface area contributed by atoms with Gasteiger partial charge >= 0.3 is 5.97 Å². The predicted octanol–water partition coefficient (Wildman–Crippen LogP) is 2.78. The molecule has 1 aliphatic rings. The first-order valence-electron chi connectivity index (χ1n) is 8.80. The normalized spacial score (nSPS) is 13.4. The van der Waals surface area contributed by atoms with Crippen molar-refractivity contribution in [1.29, 1.82) is 0 Å². The molecule has 0 fully saturated rings. The van der Waals surface area contributed by atoms with Crippen LogP contribution in [0.25, 0.3) is 0 Å². The smallest absolute Gasteiger partial charge is 0.338 e. The van der Waals surface area contributed by atoms with Crippen LogP contribution in [0, 0.1) is 20.2 Å². The molecule has 0 saturated carbocycles. The van der Waals surface area contributed by atoms with Crippen molar-refractivity contribution in [2.24, 2.45) is 0 Å². The van der Waals surface area contributed by atoms with Gasteiger partial charge in [0.1, 0.15) is 5.70 Å². The number of nitro groups is 2. The van der Waals surface area contributed by atoms with Crippen LogP contribution in [0.15, 0.2) is 59.8 Å². The molecule has 1 heterocycles. The first-order valence-corrected chi connectivity index (χ1v) is 8.80. The van der Waals surface area contributed by atoms with Crippen LogP contribution < -0.4 is 10.2 Å². The highest BCUT2D eigenvalue weighted by molar-refractivity contribution is 6.16. The van der Waals surface area contributed by atoms with Gasteiger partial charge in [-0.05, 0) is 19.1 Å². The Hall–Kier alpha value is -4.28. The lowest BCUT2D eigenvalue weighted by Gasteiger charge is -2.16. The summed E-state index contributed by atoms with van der Waals surface area (Å²) in [6, 6.07) is 10.9. The zero-order chi connectivity index (χ0) is 21.8. The molecule has 1 amide bonds. The van der Waals surface area contributed by atoms with Crippen LogP contribution in [0.4, 0.5) is 22.7 Å². The van der Waals surface area contributed by atoms with Crippen molar-refractivity contribution in [2.75, 3.05) is 23.4 Å². The van der Waals surface area contributed by atoms with Crippen molar-refractivity contribution in [2.45, 2.75) is 6.92 Å². The highest BCUT2D eigenvalue weighted by Crippen LogP contribution is 2.30. The fourth-order valence-corrected chi connectivity index (χ4v) is 2.91. The quantitative estimate of drug-likeness (QED) is 0.415. The lowest BCUT2D eigenvalue weighted by molar-refractivity contribution is -0.385. The maximum Gasteiger partial charge on any atom is 0.338 e. The van der Waals surface area contributed by atoms with Crippen LogP contribution in [0.3, 0.4) is 0 Å². The van der Waals surface area contributed by atoms with Crippen LogP contribution in [0.5, 0.6) is 0 Å². The molecule has 0 unspecified atom stereocenters. The summed E-state index contributed by atoms with van der Waals surface area (Å²) in [5.41, 5.74) is -0.0419. The molecule has 0 saturated heterocycles. The maximum absolute atomic E-state index is 13.0. The summed E-state index contributed by atoms with van der Waals surface area (Å²) in [4.78, 5) is 47.5. The second-order valence-electron chi connectivity index (χ2n) is 6.17. The molecule has 154 valence electrons. The molecule has 11 nitrogen and oxygen atoms in total. The second kappa shape index (κ2) is 8.39. The third kappa shape index (κ3) is 4.09. The Morgan fingerprint density at radius 2 is 1.73 bits per heavy atom. The highest BCUT2D eigenvalue weighted by atomic mass is 16.6. The first kappa shape index (κ1) is 20.5. The van der Waals surface area contributed by atoms with E-state index in [1.807, 2.05) is 0 Å². The molecule has 0 aromatic heterocycles. The minimum absolute atomic E-state index is 0.0138. The van der Waals surface area contributed by atoms with Gasteiger partial charge in [-0.25, -0.2) is 4.79 Å². The fraction of sp³-hybridized carbons (Fsp3) is 0.158. The van der Waals surface area contributed by atoms with Gasteiger partial charge in [0.2, 0.25) is 0 Å². The van der Waals surface area contributed by atoms with Gasteiger partial charge in [0.25, 0.3) is 17.3 Å². The number of hydrogen-bond acceptors (Lipinski definition) is 8. The Kier molecular flexibility index (Phi) is 5.72. The predicted molar refractivity (Wildman–Crippen MR) is 106 cm³/mol. The largest absolute Gasteiger partial charge is 0.463 e. The summed E-state index contributed by atoms with van der Waals surface area (Å²) in [5.74, 6) is -1.35. The maximum atomic E-state index is 13.0.